The van der Waals surface area contributed by atoms with Gasteiger partial charge in [0.1, 0.15) is 22.9 Å². The number of halogens is 1. The van der Waals surface area contributed by atoms with Crippen LogP contribution in [0.1, 0.15) is 40.4 Å². The molecule has 0 saturated heterocycles. The first-order valence-electron chi connectivity index (χ1n) is 7.17. The Morgan fingerprint density at radius 2 is 1.96 bits per heavy atom. The first kappa shape index (κ1) is 16.9. The maximum atomic E-state index is 14.1. The van der Waals surface area contributed by atoms with Crippen LogP contribution in [0.4, 0.5) is 4.39 Å². The Kier molecular flexibility index (Phi) is 4.93. The maximum absolute atomic E-state index is 14.1. The average molecular weight is 321 g/mol. The van der Waals surface area contributed by atoms with Gasteiger partial charge in [0.25, 0.3) is 5.91 Å². The molecule has 124 valence electrons. The zero-order valence-electron chi connectivity index (χ0n) is 13.8. The van der Waals surface area contributed by atoms with E-state index in [9.17, 15) is 9.18 Å². The molecule has 0 aliphatic carbocycles. The number of aryl methyl sites for hydroxylation is 2. The molecular formula is C17H20FNO4. The molecule has 0 aliphatic rings. The van der Waals surface area contributed by atoms with E-state index in [-0.39, 0.29) is 17.4 Å². The number of ether oxygens (including phenoxy) is 2. The molecule has 0 bridgehead atoms. The predicted molar refractivity (Wildman–Crippen MR) is 83.6 cm³/mol. The number of amides is 1. The number of carbonyl (C=O) groups is 1. The minimum Gasteiger partial charge on any atom is -0.493 e. The highest BCUT2D eigenvalue weighted by atomic mass is 19.1. The summed E-state index contributed by atoms with van der Waals surface area (Å²) in [5.74, 6) is 0.577. The van der Waals surface area contributed by atoms with Crippen LogP contribution in [0.5, 0.6) is 11.5 Å². The van der Waals surface area contributed by atoms with Gasteiger partial charge < -0.3 is 19.2 Å². The second-order valence-corrected chi connectivity index (χ2v) is 5.22. The molecule has 2 aromatic rings. The van der Waals surface area contributed by atoms with E-state index in [0.717, 1.165) is 11.3 Å². The van der Waals surface area contributed by atoms with Crippen molar-refractivity contribution in [2.24, 2.45) is 0 Å². The molecule has 0 unspecified atom stereocenters. The Morgan fingerprint density at radius 1 is 1.26 bits per heavy atom. The van der Waals surface area contributed by atoms with Crippen molar-refractivity contribution in [3.8, 4) is 11.5 Å². The van der Waals surface area contributed by atoms with Crippen LogP contribution >= 0.6 is 0 Å². The van der Waals surface area contributed by atoms with Crippen LogP contribution in [0.25, 0.3) is 0 Å². The number of methoxy groups -OCH3 is 2. The highest BCUT2D eigenvalue weighted by Crippen LogP contribution is 2.33. The molecule has 2 rings (SSSR count). The predicted octanol–water partition coefficient (Wildman–Crippen LogP) is 3.54. The fourth-order valence-corrected chi connectivity index (χ4v) is 2.54. The van der Waals surface area contributed by atoms with Crippen LogP contribution in [0.2, 0.25) is 0 Å². The topological polar surface area (TPSA) is 60.7 Å². The number of hydrogen-bond acceptors (Lipinski definition) is 4. The van der Waals surface area contributed by atoms with Crippen LogP contribution in [-0.4, -0.2) is 20.1 Å². The van der Waals surface area contributed by atoms with Crippen LogP contribution in [0.3, 0.4) is 0 Å². The van der Waals surface area contributed by atoms with E-state index in [0.29, 0.717) is 11.5 Å². The quantitative estimate of drug-likeness (QED) is 0.915. The van der Waals surface area contributed by atoms with Gasteiger partial charge in [0.2, 0.25) is 0 Å². The molecule has 1 heterocycles. The van der Waals surface area contributed by atoms with Gasteiger partial charge in [0.15, 0.2) is 11.5 Å². The summed E-state index contributed by atoms with van der Waals surface area (Å²) in [6.07, 6.45) is 0. The molecule has 23 heavy (non-hydrogen) atoms. The zero-order valence-corrected chi connectivity index (χ0v) is 13.8. The van der Waals surface area contributed by atoms with Gasteiger partial charge in [-0.3, -0.25) is 4.79 Å². The van der Waals surface area contributed by atoms with Crippen molar-refractivity contribution in [1.29, 1.82) is 0 Å². The summed E-state index contributed by atoms with van der Waals surface area (Å²) >= 11 is 0. The van der Waals surface area contributed by atoms with Crippen LogP contribution < -0.4 is 14.8 Å². The van der Waals surface area contributed by atoms with E-state index in [1.54, 1.807) is 6.92 Å². The number of benzene rings is 1. The zero-order chi connectivity index (χ0) is 17.1. The monoisotopic (exact) mass is 321 g/mol. The summed E-state index contributed by atoms with van der Waals surface area (Å²) in [6.45, 7) is 5.45. The lowest BCUT2D eigenvalue weighted by Gasteiger charge is -2.17. The first-order chi connectivity index (χ1) is 10.9. The van der Waals surface area contributed by atoms with E-state index in [2.05, 4.69) is 5.32 Å². The third-order valence-corrected chi connectivity index (χ3v) is 3.62. The second-order valence-electron chi connectivity index (χ2n) is 5.22. The van der Waals surface area contributed by atoms with Crippen molar-refractivity contribution in [3.05, 3.63) is 46.7 Å². The van der Waals surface area contributed by atoms with Crippen molar-refractivity contribution in [2.75, 3.05) is 14.2 Å². The number of carbonyl (C=O) groups excluding carboxylic acids is 1. The lowest BCUT2D eigenvalue weighted by Crippen LogP contribution is -2.28. The minimum absolute atomic E-state index is 0.0669. The maximum Gasteiger partial charge on any atom is 0.258 e. The highest BCUT2D eigenvalue weighted by Gasteiger charge is 2.24. The molecule has 1 N–H and O–H groups in total. The van der Waals surface area contributed by atoms with Crippen molar-refractivity contribution in [3.63, 3.8) is 0 Å². The third kappa shape index (κ3) is 3.31. The normalized spacial score (nSPS) is 11.9. The van der Waals surface area contributed by atoms with Gasteiger partial charge >= 0.3 is 0 Å². The summed E-state index contributed by atoms with van der Waals surface area (Å²) in [4.78, 5) is 12.5. The number of nitrogens with one attached hydrogen (secondary N) is 1. The second kappa shape index (κ2) is 6.73. The van der Waals surface area contributed by atoms with Gasteiger partial charge in [0, 0.05) is 5.56 Å². The smallest absolute Gasteiger partial charge is 0.258 e. The Hall–Kier alpha value is -2.50. The number of hydrogen-bond donors (Lipinski definition) is 1. The summed E-state index contributed by atoms with van der Waals surface area (Å²) in [7, 11) is 2.79. The highest BCUT2D eigenvalue weighted by molar-refractivity contribution is 5.98. The minimum atomic E-state index is -0.674. The largest absolute Gasteiger partial charge is 0.493 e. The van der Waals surface area contributed by atoms with E-state index in [1.807, 2.05) is 19.9 Å². The molecule has 5 nitrogen and oxygen atoms in total. The molecule has 1 amide bonds. The van der Waals surface area contributed by atoms with Crippen LogP contribution in [0.15, 0.2) is 22.6 Å². The molecular weight excluding hydrogens is 301 g/mol. The van der Waals surface area contributed by atoms with Crippen LogP contribution in [-0.2, 0) is 0 Å². The van der Waals surface area contributed by atoms with E-state index in [4.69, 9.17) is 13.9 Å². The van der Waals surface area contributed by atoms with E-state index >= 15 is 0 Å². The van der Waals surface area contributed by atoms with E-state index in [1.165, 1.54) is 26.4 Å². The lowest BCUT2D eigenvalue weighted by molar-refractivity contribution is 0.0931. The molecule has 0 fully saturated rings. The fourth-order valence-electron chi connectivity index (χ4n) is 2.54. The van der Waals surface area contributed by atoms with Crippen LogP contribution in [0, 0.1) is 19.7 Å². The molecule has 0 saturated carbocycles. The van der Waals surface area contributed by atoms with Crippen molar-refractivity contribution in [1.82, 2.24) is 5.32 Å². The van der Waals surface area contributed by atoms with Gasteiger partial charge in [-0.05, 0) is 39.0 Å². The Labute approximate surface area is 134 Å². The molecule has 0 radical (unpaired) electrons. The van der Waals surface area contributed by atoms with Crippen molar-refractivity contribution < 1.29 is 23.1 Å². The molecule has 6 heteroatoms. The Balaban J connectivity index is 2.32. The molecule has 1 atom stereocenters. The van der Waals surface area contributed by atoms with Gasteiger partial charge in [-0.15, -0.1) is 0 Å². The standard InChI is InChI=1S/C17H20FNO4/c1-9-8-12(11(3)23-9)10(2)19-17(20)15-13(18)6-7-14(21-4)16(15)22-5/h6-8,10H,1-5H3,(H,19,20)/t10-/m0/s1. The van der Waals surface area contributed by atoms with Gasteiger partial charge in [0.05, 0.1) is 20.3 Å². The summed E-state index contributed by atoms with van der Waals surface area (Å²) in [5.41, 5.74) is 0.662. The summed E-state index contributed by atoms with van der Waals surface area (Å²) in [6, 6.07) is 4.10. The fraction of sp³-hybridized carbons (Fsp3) is 0.353. The number of furan rings is 1. The molecule has 1 aromatic carbocycles. The van der Waals surface area contributed by atoms with Gasteiger partial charge in [-0.25, -0.2) is 4.39 Å². The van der Waals surface area contributed by atoms with Gasteiger partial charge in [-0.2, -0.15) is 0 Å². The third-order valence-electron chi connectivity index (χ3n) is 3.62. The first-order valence-corrected chi connectivity index (χ1v) is 7.17. The average Bonchev–Trinajstić information content (AvgIpc) is 2.85. The SMILES string of the molecule is COc1ccc(F)c(C(=O)N[C@@H](C)c2cc(C)oc2C)c1OC. The van der Waals surface area contributed by atoms with Gasteiger partial charge in [-0.1, -0.05) is 0 Å². The molecule has 1 aromatic heterocycles. The summed E-state index contributed by atoms with van der Waals surface area (Å²) in [5, 5.41) is 2.76. The van der Waals surface area contributed by atoms with Crippen molar-refractivity contribution >= 4 is 5.91 Å². The Bertz CT molecular complexity index is 724. The summed E-state index contributed by atoms with van der Waals surface area (Å²) < 4.78 is 29.8. The van der Waals surface area contributed by atoms with Crippen molar-refractivity contribution in [2.45, 2.75) is 26.8 Å². The number of rotatable bonds is 5. The lowest BCUT2D eigenvalue weighted by atomic mass is 10.1. The molecule has 0 aliphatic heterocycles. The van der Waals surface area contributed by atoms with E-state index < -0.39 is 11.7 Å². The Morgan fingerprint density at radius 3 is 2.48 bits per heavy atom. The molecule has 0 spiro atoms.